The molecule has 0 heterocycles. The lowest BCUT2D eigenvalue weighted by Gasteiger charge is -2.55. The predicted octanol–water partition coefficient (Wildman–Crippen LogP) is 8.24. The quantitative estimate of drug-likeness (QED) is 0.129. The van der Waals surface area contributed by atoms with Crippen LogP contribution in [-0.4, -0.2) is 11.4 Å². The van der Waals surface area contributed by atoms with Crippen molar-refractivity contribution in [2.24, 2.45) is 34.5 Å². The van der Waals surface area contributed by atoms with Gasteiger partial charge in [0.05, 0.1) is 6.10 Å². The van der Waals surface area contributed by atoms with E-state index in [0.29, 0.717) is 11.3 Å². The second kappa shape index (κ2) is 9.95. The third kappa shape index (κ3) is 4.53. The van der Waals surface area contributed by atoms with Gasteiger partial charge in [-0.1, -0.05) is 60.8 Å². The standard InChI is InChI=1S/C27H42O4S/c1-18(2)7-6-8-19(3)23-11-12-24-22-10-9-20-17-21(29-32-31-30-28)13-15-26(20,4)25(22)14-16-27(23,24)5/h7,9-10,19,21,23-25,28H,6,8,11-17H2,1-5H3. The van der Waals surface area contributed by atoms with E-state index in [1.165, 1.54) is 49.7 Å². The molecule has 4 aliphatic rings. The molecule has 4 aliphatic carbocycles. The fraction of sp³-hybridized carbons (Fsp3) is 0.778. The second-order valence-electron chi connectivity index (χ2n) is 11.6. The SMILES string of the molecule is CC(C)=CCCC(C)C1CCC2C3=CC=C4CC(OSOOO)CCC4(C)C3CCC21C. The summed E-state index contributed by atoms with van der Waals surface area (Å²) in [5.74, 6) is 3.10. The van der Waals surface area contributed by atoms with Crippen LogP contribution in [0.2, 0.25) is 0 Å². The molecule has 7 unspecified atom stereocenters. The molecule has 3 fully saturated rings. The molecule has 180 valence electrons. The Morgan fingerprint density at radius 3 is 2.72 bits per heavy atom. The van der Waals surface area contributed by atoms with Gasteiger partial charge in [-0.3, -0.25) is 4.18 Å². The minimum Gasteiger partial charge on any atom is -0.286 e. The molecule has 0 bridgehead atoms. The van der Waals surface area contributed by atoms with E-state index in [1.807, 2.05) is 0 Å². The molecule has 1 N–H and O–H groups in total. The van der Waals surface area contributed by atoms with Crippen molar-refractivity contribution in [1.82, 2.24) is 0 Å². The van der Waals surface area contributed by atoms with Crippen LogP contribution in [0.4, 0.5) is 0 Å². The maximum absolute atomic E-state index is 8.32. The first-order valence-electron chi connectivity index (χ1n) is 12.6. The Balaban J connectivity index is 1.48. The van der Waals surface area contributed by atoms with Crippen molar-refractivity contribution in [3.63, 3.8) is 0 Å². The van der Waals surface area contributed by atoms with E-state index in [1.54, 1.807) is 5.57 Å². The number of hydrogen-bond acceptors (Lipinski definition) is 5. The summed E-state index contributed by atoms with van der Waals surface area (Å²) in [5.41, 5.74) is 5.46. The van der Waals surface area contributed by atoms with Crippen molar-refractivity contribution in [2.75, 3.05) is 0 Å². The Kier molecular flexibility index (Phi) is 7.63. The maximum atomic E-state index is 8.32. The summed E-state index contributed by atoms with van der Waals surface area (Å²) in [6, 6.07) is 0. The number of rotatable bonds is 8. The van der Waals surface area contributed by atoms with Crippen molar-refractivity contribution in [3.8, 4) is 0 Å². The summed E-state index contributed by atoms with van der Waals surface area (Å²) in [6.07, 6.45) is 18.6. The average Bonchev–Trinajstić information content (AvgIpc) is 3.11. The lowest BCUT2D eigenvalue weighted by Crippen LogP contribution is -2.46. The summed E-state index contributed by atoms with van der Waals surface area (Å²) in [4.78, 5) is 0. The lowest BCUT2D eigenvalue weighted by molar-refractivity contribution is -0.434. The van der Waals surface area contributed by atoms with Gasteiger partial charge in [-0.25, -0.2) is 5.26 Å². The molecule has 4 rings (SSSR count). The van der Waals surface area contributed by atoms with E-state index in [-0.39, 0.29) is 11.5 Å². The van der Waals surface area contributed by atoms with Crippen molar-refractivity contribution >= 4 is 12.3 Å². The molecule has 0 saturated heterocycles. The molecule has 0 amide bonds. The molecule has 0 radical (unpaired) electrons. The zero-order valence-electron chi connectivity index (χ0n) is 20.6. The molecule has 4 nitrogen and oxygen atoms in total. The monoisotopic (exact) mass is 462 g/mol. The lowest BCUT2D eigenvalue weighted by atomic mass is 9.50. The van der Waals surface area contributed by atoms with Crippen LogP contribution in [0.1, 0.15) is 92.4 Å². The largest absolute Gasteiger partial charge is 0.286 e. The van der Waals surface area contributed by atoms with Crippen LogP contribution >= 0.6 is 12.3 Å². The minimum atomic E-state index is 0.107. The highest BCUT2D eigenvalue weighted by Crippen LogP contribution is 2.66. The van der Waals surface area contributed by atoms with Crippen molar-refractivity contribution in [1.29, 1.82) is 0 Å². The van der Waals surface area contributed by atoms with Gasteiger partial charge in [0, 0.05) is 0 Å². The first-order chi connectivity index (χ1) is 15.3. The molecule has 32 heavy (non-hydrogen) atoms. The van der Waals surface area contributed by atoms with Gasteiger partial charge >= 0.3 is 0 Å². The third-order valence-electron chi connectivity index (χ3n) is 9.69. The molecule has 7 atom stereocenters. The van der Waals surface area contributed by atoms with Gasteiger partial charge in [-0.05, 0) is 106 Å². The van der Waals surface area contributed by atoms with Gasteiger partial charge in [0.25, 0.3) is 0 Å². The summed E-state index contributed by atoms with van der Waals surface area (Å²) in [5, 5.41) is 12.0. The minimum absolute atomic E-state index is 0.107. The molecule has 0 aromatic carbocycles. The van der Waals surface area contributed by atoms with Crippen LogP contribution in [0.15, 0.2) is 34.9 Å². The molecular weight excluding hydrogens is 420 g/mol. The topological polar surface area (TPSA) is 47.9 Å². The zero-order chi connectivity index (χ0) is 22.9. The van der Waals surface area contributed by atoms with E-state index in [0.717, 1.165) is 49.3 Å². The van der Waals surface area contributed by atoms with Gasteiger partial charge in [0.2, 0.25) is 0 Å². The van der Waals surface area contributed by atoms with Gasteiger partial charge in [0.1, 0.15) is 0 Å². The van der Waals surface area contributed by atoms with E-state index in [9.17, 15) is 0 Å². The van der Waals surface area contributed by atoms with Crippen molar-refractivity contribution in [2.45, 2.75) is 98.5 Å². The van der Waals surface area contributed by atoms with Crippen LogP contribution in [0.3, 0.4) is 0 Å². The van der Waals surface area contributed by atoms with Crippen LogP contribution in [0.25, 0.3) is 0 Å². The highest BCUT2D eigenvalue weighted by atomic mass is 32.2. The molecule has 5 heteroatoms. The van der Waals surface area contributed by atoms with E-state index < -0.39 is 0 Å². The maximum Gasteiger partial charge on any atom is 0.197 e. The molecule has 0 aliphatic heterocycles. The second-order valence-corrected chi connectivity index (χ2v) is 12.1. The molecule has 0 aromatic heterocycles. The zero-order valence-corrected chi connectivity index (χ0v) is 21.4. The van der Waals surface area contributed by atoms with Crippen LogP contribution in [-0.2, 0) is 13.6 Å². The predicted molar refractivity (Wildman–Crippen MR) is 130 cm³/mol. The number of hydrogen-bond donors (Lipinski definition) is 1. The molecule has 3 saturated carbocycles. The fourth-order valence-electron chi connectivity index (χ4n) is 7.95. The van der Waals surface area contributed by atoms with Crippen molar-refractivity contribution in [3.05, 3.63) is 34.9 Å². The van der Waals surface area contributed by atoms with E-state index in [4.69, 9.17) is 9.44 Å². The van der Waals surface area contributed by atoms with Crippen LogP contribution in [0.5, 0.6) is 0 Å². The third-order valence-corrected chi connectivity index (χ3v) is 10.2. The number of allylic oxidation sites excluding steroid dienone is 5. The Morgan fingerprint density at radius 2 is 1.97 bits per heavy atom. The van der Waals surface area contributed by atoms with Gasteiger partial charge in [-0.15, -0.1) is 4.33 Å². The summed E-state index contributed by atoms with van der Waals surface area (Å²) < 4.78 is 10.1. The summed E-state index contributed by atoms with van der Waals surface area (Å²) in [6.45, 7) is 12.1. The fourth-order valence-corrected chi connectivity index (χ4v) is 8.28. The first kappa shape index (κ1) is 24.5. The van der Waals surface area contributed by atoms with Gasteiger partial charge < -0.3 is 0 Å². The van der Waals surface area contributed by atoms with E-state index in [2.05, 4.69) is 62.2 Å². The Bertz CT molecular complexity index is 770. The summed E-state index contributed by atoms with van der Waals surface area (Å²) >= 11 is 0.724. The summed E-state index contributed by atoms with van der Waals surface area (Å²) in [7, 11) is 0. The van der Waals surface area contributed by atoms with Gasteiger partial charge in [0.15, 0.2) is 12.3 Å². The molecule has 0 aromatic rings. The average molecular weight is 463 g/mol. The first-order valence-corrected chi connectivity index (χ1v) is 13.3. The van der Waals surface area contributed by atoms with Crippen LogP contribution < -0.4 is 0 Å². The molecule has 0 spiro atoms. The Morgan fingerprint density at radius 1 is 1.16 bits per heavy atom. The number of fused-ring (bicyclic) bond motifs is 5. The highest BCUT2D eigenvalue weighted by Gasteiger charge is 2.56. The van der Waals surface area contributed by atoms with Crippen LogP contribution in [0, 0.1) is 34.5 Å². The smallest absolute Gasteiger partial charge is 0.197 e. The highest BCUT2D eigenvalue weighted by molar-refractivity contribution is 7.89. The molecular formula is C27H42O4S. The van der Waals surface area contributed by atoms with E-state index >= 15 is 0 Å². The van der Waals surface area contributed by atoms with Crippen molar-refractivity contribution < 1.29 is 18.8 Å². The Labute approximate surface area is 199 Å². The van der Waals surface area contributed by atoms with Gasteiger partial charge in [-0.2, -0.15) is 0 Å². The normalized spacial score (nSPS) is 39.3. The Hall–Kier alpha value is -0.590.